The van der Waals surface area contributed by atoms with Gasteiger partial charge in [0.25, 0.3) is 0 Å². The van der Waals surface area contributed by atoms with Crippen molar-refractivity contribution >= 4 is 11.9 Å². The van der Waals surface area contributed by atoms with Crippen LogP contribution in [0, 0.1) is 17.8 Å². The number of amides is 1. The summed E-state index contributed by atoms with van der Waals surface area (Å²) in [6.07, 6.45) is 11.4. The Bertz CT molecular complexity index is 450. The third kappa shape index (κ3) is 4.42. The zero-order chi connectivity index (χ0) is 16.9. The van der Waals surface area contributed by atoms with Gasteiger partial charge in [0.05, 0.1) is 0 Å². The van der Waals surface area contributed by atoms with Crippen LogP contribution in [0.25, 0.3) is 0 Å². The van der Waals surface area contributed by atoms with Crippen molar-refractivity contribution in [2.24, 2.45) is 22.7 Å². The van der Waals surface area contributed by atoms with Gasteiger partial charge in [-0.3, -0.25) is 9.79 Å². The normalized spacial score (nSPS) is 29.4. The highest BCUT2D eigenvalue weighted by Gasteiger charge is 2.43. The zero-order valence-electron chi connectivity index (χ0n) is 15.4. The predicted molar refractivity (Wildman–Crippen MR) is 97.9 cm³/mol. The molecule has 5 heteroatoms. The minimum absolute atomic E-state index is 0.171. The summed E-state index contributed by atoms with van der Waals surface area (Å²) in [7, 11) is 3.62. The molecule has 1 aliphatic heterocycles. The van der Waals surface area contributed by atoms with Crippen molar-refractivity contribution in [3.8, 4) is 0 Å². The van der Waals surface area contributed by atoms with Gasteiger partial charge in [-0.2, -0.15) is 0 Å². The molecule has 3 fully saturated rings. The fraction of sp³-hybridized carbons (Fsp3) is 0.895. The Labute approximate surface area is 146 Å². The van der Waals surface area contributed by atoms with Crippen molar-refractivity contribution < 1.29 is 4.79 Å². The van der Waals surface area contributed by atoms with E-state index in [4.69, 9.17) is 0 Å². The number of aliphatic imine (C=N–C) groups is 1. The van der Waals surface area contributed by atoms with Gasteiger partial charge < -0.3 is 15.5 Å². The van der Waals surface area contributed by atoms with E-state index in [0.29, 0.717) is 18.4 Å². The molecule has 3 aliphatic rings. The molecule has 0 radical (unpaired) electrons. The highest BCUT2D eigenvalue weighted by atomic mass is 16.1. The van der Waals surface area contributed by atoms with Crippen LogP contribution in [0.4, 0.5) is 0 Å². The molecule has 2 N–H and O–H groups in total. The van der Waals surface area contributed by atoms with Gasteiger partial charge in [-0.1, -0.05) is 32.1 Å². The van der Waals surface area contributed by atoms with Crippen LogP contribution < -0.4 is 10.6 Å². The molecule has 2 atom stereocenters. The van der Waals surface area contributed by atoms with E-state index in [0.717, 1.165) is 43.7 Å². The minimum Gasteiger partial charge on any atom is -0.359 e. The Morgan fingerprint density at radius 1 is 1.12 bits per heavy atom. The number of guanidine groups is 1. The van der Waals surface area contributed by atoms with Gasteiger partial charge in [-0.05, 0) is 37.0 Å². The highest BCUT2D eigenvalue weighted by molar-refractivity contribution is 5.80. The second-order valence-electron chi connectivity index (χ2n) is 7.90. The van der Waals surface area contributed by atoms with Crippen LogP contribution in [0.3, 0.4) is 0 Å². The van der Waals surface area contributed by atoms with E-state index in [2.05, 4.69) is 20.5 Å². The maximum absolute atomic E-state index is 11.5. The summed E-state index contributed by atoms with van der Waals surface area (Å²) in [5.74, 6) is 3.61. The first-order valence-corrected chi connectivity index (χ1v) is 9.90. The summed E-state index contributed by atoms with van der Waals surface area (Å²) in [5.41, 5.74) is 0. The molecule has 1 saturated heterocycles. The molecule has 1 heterocycles. The maximum atomic E-state index is 11.5. The number of carbonyl (C=O) groups is 1. The molecule has 0 aromatic heterocycles. The van der Waals surface area contributed by atoms with Crippen LogP contribution in [0.2, 0.25) is 0 Å². The molecule has 1 amide bonds. The Morgan fingerprint density at radius 3 is 2.46 bits per heavy atom. The highest BCUT2D eigenvalue weighted by Crippen LogP contribution is 2.44. The second-order valence-corrected chi connectivity index (χ2v) is 7.90. The average Bonchev–Trinajstić information content (AvgIpc) is 3.40. The molecule has 5 nitrogen and oxygen atoms in total. The molecule has 2 unspecified atom stereocenters. The van der Waals surface area contributed by atoms with Crippen LogP contribution >= 0.6 is 0 Å². The van der Waals surface area contributed by atoms with E-state index < -0.39 is 0 Å². The van der Waals surface area contributed by atoms with Gasteiger partial charge in [0.1, 0.15) is 0 Å². The summed E-state index contributed by atoms with van der Waals surface area (Å²) in [6, 6.07) is 0.649. The number of hydrogen-bond acceptors (Lipinski definition) is 2. The van der Waals surface area contributed by atoms with Crippen LogP contribution in [0.15, 0.2) is 4.99 Å². The topological polar surface area (TPSA) is 56.7 Å². The number of rotatable bonds is 4. The molecule has 0 spiro atoms. The van der Waals surface area contributed by atoms with Crippen molar-refractivity contribution in [1.29, 1.82) is 0 Å². The smallest absolute Gasteiger partial charge is 0.220 e. The molecular weight excluding hydrogens is 300 g/mol. The fourth-order valence-electron chi connectivity index (χ4n) is 4.64. The van der Waals surface area contributed by atoms with Gasteiger partial charge in [0.2, 0.25) is 5.91 Å². The quantitative estimate of drug-likeness (QED) is 0.613. The molecule has 0 aromatic rings. The molecular formula is C19H34N4O. The molecule has 136 valence electrons. The maximum Gasteiger partial charge on any atom is 0.220 e. The van der Waals surface area contributed by atoms with Crippen molar-refractivity contribution in [3.63, 3.8) is 0 Å². The Morgan fingerprint density at radius 2 is 1.83 bits per heavy atom. The third-order valence-electron chi connectivity index (χ3n) is 6.29. The molecule has 0 bridgehead atoms. The summed E-state index contributed by atoms with van der Waals surface area (Å²) < 4.78 is 0. The first-order valence-electron chi connectivity index (χ1n) is 9.90. The van der Waals surface area contributed by atoms with E-state index in [9.17, 15) is 4.79 Å². The van der Waals surface area contributed by atoms with Gasteiger partial charge in [-0.15, -0.1) is 0 Å². The number of likely N-dealkylation sites (tertiary alicyclic amines) is 1. The summed E-state index contributed by atoms with van der Waals surface area (Å²) in [5, 5.41) is 6.46. The lowest BCUT2D eigenvalue weighted by Gasteiger charge is -2.34. The number of hydrogen-bond donors (Lipinski definition) is 2. The van der Waals surface area contributed by atoms with E-state index >= 15 is 0 Å². The number of carbonyl (C=O) groups excluding carboxylic acids is 1. The fourth-order valence-corrected chi connectivity index (χ4v) is 4.64. The van der Waals surface area contributed by atoms with Crippen molar-refractivity contribution in [2.45, 2.75) is 63.8 Å². The Hall–Kier alpha value is -1.26. The van der Waals surface area contributed by atoms with Gasteiger partial charge in [-0.25, -0.2) is 0 Å². The van der Waals surface area contributed by atoms with Crippen LogP contribution in [0.5, 0.6) is 0 Å². The Kier molecular flexibility index (Phi) is 6.01. The lowest BCUT2D eigenvalue weighted by atomic mass is 9.85. The number of nitrogens with one attached hydrogen (secondary N) is 2. The monoisotopic (exact) mass is 334 g/mol. The van der Waals surface area contributed by atoms with E-state index in [1.165, 1.54) is 38.5 Å². The van der Waals surface area contributed by atoms with E-state index in [1.807, 2.05) is 7.05 Å². The van der Waals surface area contributed by atoms with Crippen LogP contribution in [0.1, 0.15) is 57.8 Å². The van der Waals surface area contributed by atoms with Crippen molar-refractivity contribution in [1.82, 2.24) is 15.5 Å². The summed E-state index contributed by atoms with van der Waals surface area (Å²) in [6.45, 7) is 2.03. The van der Waals surface area contributed by atoms with Gasteiger partial charge >= 0.3 is 0 Å². The Balaban J connectivity index is 1.42. The van der Waals surface area contributed by atoms with Gasteiger partial charge in [0, 0.05) is 39.6 Å². The van der Waals surface area contributed by atoms with E-state index in [-0.39, 0.29) is 5.91 Å². The standard InChI is InChI=1S/C19H34N4O/c1-20-18(24)12-14-8-10-23(11-9-14)19(21-2)22-17-13-16(17)15-6-4-3-5-7-15/h14-17H,3-13H2,1-2H3,(H,20,24)(H,21,22). The molecule has 2 saturated carbocycles. The van der Waals surface area contributed by atoms with Crippen LogP contribution in [-0.4, -0.2) is 50.0 Å². The largest absolute Gasteiger partial charge is 0.359 e. The summed E-state index contributed by atoms with van der Waals surface area (Å²) >= 11 is 0. The van der Waals surface area contributed by atoms with Crippen molar-refractivity contribution in [3.05, 3.63) is 0 Å². The van der Waals surface area contributed by atoms with Crippen molar-refractivity contribution in [2.75, 3.05) is 27.2 Å². The predicted octanol–water partition coefficient (Wildman–Crippen LogP) is 2.38. The minimum atomic E-state index is 0.171. The van der Waals surface area contributed by atoms with Crippen LogP contribution in [-0.2, 0) is 4.79 Å². The molecule has 2 aliphatic carbocycles. The second kappa shape index (κ2) is 8.21. The first-order chi connectivity index (χ1) is 11.7. The molecule has 3 rings (SSSR count). The molecule has 0 aromatic carbocycles. The van der Waals surface area contributed by atoms with Gasteiger partial charge in [0.15, 0.2) is 5.96 Å². The SMILES string of the molecule is CN=C(NC1CC1C1CCCCC1)N1CCC(CC(=O)NC)CC1. The third-order valence-corrected chi connectivity index (χ3v) is 6.29. The first kappa shape index (κ1) is 17.6. The summed E-state index contributed by atoms with van der Waals surface area (Å²) in [4.78, 5) is 18.4. The lowest BCUT2D eigenvalue weighted by molar-refractivity contribution is -0.121. The van der Waals surface area contributed by atoms with E-state index in [1.54, 1.807) is 7.05 Å². The average molecular weight is 335 g/mol. The number of nitrogens with zero attached hydrogens (tertiary/aromatic N) is 2. The lowest BCUT2D eigenvalue weighted by Crippen LogP contribution is -2.47. The zero-order valence-corrected chi connectivity index (χ0v) is 15.4. The molecule has 24 heavy (non-hydrogen) atoms. The number of piperidine rings is 1.